The number of benzene rings is 2. The van der Waals surface area contributed by atoms with Crippen molar-refractivity contribution in [1.82, 2.24) is 19.5 Å². The summed E-state index contributed by atoms with van der Waals surface area (Å²) in [6.07, 6.45) is -3.26. The van der Waals surface area contributed by atoms with Crippen LogP contribution in [0.1, 0.15) is 12.1 Å². The van der Waals surface area contributed by atoms with Gasteiger partial charge in [-0.3, -0.25) is 18.9 Å². The van der Waals surface area contributed by atoms with Crippen molar-refractivity contribution in [3.05, 3.63) is 66.9 Å². The minimum absolute atomic E-state index is 0.132. The van der Waals surface area contributed by atoms with E-state index in [-0.39, 0.29) is 38.7 Å². The van der Waals surface area contributed by atoms with E-state index < -0.39 is 60.7 Å². The van der Waals surface area contributed by atoms with E-state index in [2.05, 4.69) is 9.82 Å². The van der Waals surface area contributed by atoms with Crippen molar-refractivity contribution in [2.24, 2.45) is 0 Å². The molecule has 0 atom stereocenters. The molecule has 0 aliphatic carbocycles. The van der Waals surface area contributed by atoms with Gasteiger partial charge in [0.2, 0.25) is 10.0 Å². The lowest BCUT2D eigenvalue weighted by molar-refractivity contribution is 0.141. The number of aromatic amines is 1. The summed E-state index contributed by atoms with van der Waals surface area (Å²) in [4.78, 5) is 24.7. The van der Waals surface area contributed by atoms with Gasteiger partial charge < -0.3 is 9.84 Å². The maximum absolute atomic E-state index is 13.0. The Kier molecular flexibility index (Phi) is 7.28. The van der Waals surface area contributed by atoms with Crippen LogP contribution in [0.15, 0.2) is 44.8 Å². The van der Waals surface area contributed by atoms with Gasteiger partial charge in [-0.25, -0.2) is 26.7 Å². The summed E-state index contributed by atoms with van der Waals surface area (Å²) in [5.41, 5.74) is -3.88. The number of nitrogens with zero attached hydrogens (tertiary/aromatic N) is 2. The van der Waals surface area contributed by atoms with Crippen LogP contribution in [0.25, 0.3) is 5.69 Å². The maximum atomic E-state index is 13.0. The first kappa shape index (κ1) is 27.3. The van der Waals surface area contributed by atoms with Crippen molar-refractivity contribution in [3.63, 3.8) is 0 Å². The summed E-state index contributed by atoms with van der Waals surface area (Å²) in [5, 5.41) is 13.0. The van der Waals surface area contributed by atoms with E-state index in [1.807, 2.05) is 0 Å². The first-order valence-corrected chi connectivity index (χ1v) is 14.1. The highest BCUT2D eigenvalue weighted by molar-refractivity contribution is 8.25. The fourth-order valence-corrected chi connectivity index (χ4v) is 6.80. The van der Waals surface area contributed by atoms with Crippen molar-refractivity contribution < 1.29 is 36.1 Å². The molecule has 5 N–H and O–H groups in total. The number of phenols is 1. The van der Waals surface area contributed by atoms with Gasteiger partial charge in [-0.15, -0.1) is 0 Å². The predicted molar refractivity (Wildman–Crippen MR) is 130 cm³/mol. The summed E-state index contributed by atoms with van der Waals surface area (Å²) in [6.45, 7) is 0. The molecule has 0 spiro atoms. The van der Waals surface area contributed by atoms with Gasteiger partial charge in [0.1, 0.15) is 16.4 Å². The van der Waals surface area contributed by atoms with Crippen LogP contribution in [0, 0.1) is 0 Å². The Morgan fingerprint density at radius 2 is 1.78 bits per heavy atom. The number of aromatic hydroxyl groups is 1. The second-order valence-electron chi connectivity index (χ2n) is 7.78. The third kappa shape index (κ3) is 5.74. The molecule has 12 nitrogen and oxygen atoms in total. The first-order valence-electron chi connectivity index (χ1n) is 9.95. The minimum Gasteiger partial charge on any atom is -0.507 e. The molecule has 2 heterocycles. The Hall–Kier alpha value is -2.73. The molecule has 2 aromatic carbocycles. The molecule has 0 bridgehead atoms. The molecule has 0 amide bonds. The zero-order valence-corrected chi connectivity index (χ0v) is 21.2. The summed E-state index contributed by atoms with van der Waals surface area (Å²) in [6, 6.07) is 4.64. The molecule has 1 saturated heterocycles. The lowest BCUT2D eigenvalue weighted by Gasteiger charge is -2.46. The molecule has 200 valence electrons. The number of sulfonamides is 1. The van der Waals surface area contributed by atoms with Crippen LogP contribution >= 0.6 is 33.8 Å². The number of H-pyrrole nitrogens is 1. The quantitative estimate of drug-likeness (QED) is 0.272. The van der Waals surface area contributed by atoms with Crippen LogP contribution in [0.2, 0.25) is 10.0 Å². The monoisotopic (exact) mass is 600 g/mol. The summed E-state index contributed by atoms with van der Waals surface area (Å²) in [7, 11) is -7.10. The number of aromatic nitrogens is 3. The number of rotatable bonds is 7. The van der Waals surface area contributed by atoms with Crippen molar-refractivity contribution in [2.45, 2.75) is 17.4 Å². The molecule has 1 aliphatic rings. The number of halogens is 4. The normalized spacial score (nSPS) is 16.4. The molecule has 0 unspecified atom stereocenters. The van der Waals surface area contributed by atoms with Crippen molar-refractivity contribution in [1.29, 1.82) is 0 Å². The maximum Gasteiger partial charge on any atom is 0.349 e. The van der Waals surface area contributed by atoms with E-state index in [4.69, 9.17) is 27.9 Å². The zero-order chi connectivity index (χ0) is 27.3. The van der Waals surface area contributed by atoms with Gasteiger partial charge in [-0.05, 0) is 24.3 Å². The van der Waals surface area contributed by atoms with E-state index in [9.17, 15) is 41.0 Å². The lowest BCUT2D eigenvalue weighted by Crippen LogP contribution is -2.50. The zero-order valence-electron chi connectivity index (χ0n) is 18.1. The van der Waals surface area contributed by atoms with Gasteiger partial charge in [-0.1, -0.05) is 23.2 Å². The number of hydrogen-bond donors (Lipinski definition) is 5. The predicted octanol–water partition coefficient (Wildman–Crippen LogP) is 3.07. The summed E-state index contributed by atoms with van der Waals surface area (Å²) >= 11 is 12.4. The molecule has 1 fully saturated rings. The fourth-order valence-electron chi connectivity index (χ4n) is 3.33. The second-order valence-corrected chi connectivity index (χ2v) is 12.5. The van der Waals surface area contributed by atoms with Crippen LogP contribution in [0.3, 0.4) is 0 Å². The Bertz CT molecular complexity index is 1580. The standard InChI is InChI=1S/C19H16Cl2F2N4O8S2/c20-11-3-9(27-19(30)24-18(29)15(25-27)17(22)23)4-12(21)16(11)35-10-1-2-13(28)14(5-10)37(33,34)26-8-6-36(31,32)7-8/h1-5,8,17,26,28,31-32H,6-7H2,(H,24,29,30). The average Bonchev–Trinajstić information content (AvgIpc) is 2.75. The van der Waals surface area contributed by atoms with Crippen molar-refractivity contribution >= 4 is 43.8 Å². The number of phenolic OH excluding ortho intramolecular Hbond substituents is 1. The summed E-state index contributed by atoms with van der Waals surface area (Å²) < 4.78 is 78.7. The Morgan fingerprint density at radius 3 is 2.35 bits per heavy atom. The van der Waals surface area contributed by atoms with Gasteiger partial charge in [0.05, 0.1) is 33.3 Å². The van der Waals surface area contributed by atoms with Crippen LogP contribution < -0.4 is 20.7 Å². The smallest absolute Gasteiger partial charge is 0.349 e. The molecule has 0 saturated carbocycles. The third-order valence-electron chi connectivity index (χ3n) is 4.99. The van der Waals surface area contributed by atoms with Gasteiger partial charge in [0.15, 0.2) is 11.4 Å². The van der Waals surface area contributed by atoms with Crippen LogP contribution in [0.5, 0.6) is 17.2 Å². The highest BCUT2D eigenvalue weighted by atomic mass is 35.5. The van der Waals surface area contributed by atoms with E-state index in [1.165, 1.54) is 6.07 Å². The first-order chi connectivity index (χ1) is 17.2. The Labute approximate surface area is 217 Å². The number of alkyl halides is 2. The van der Waals surface area contributed by atoms with E-state index in [1.54, 1.807) is 4.98 Å². The third-order valence-corrected chi connectivity index (χ3v) is 8.97. The van der Waals surface area contributed by atoms with Gasteiger partial charge in [-0.2, -0.15) is 20.4 Å². The van der Waals surface area contributed by atoms with Crippen molar-refractivity contribution in [3.8, 4) is 22.9 Å². The lowest BCUT2D eigenvalue weighted by atomic mass is 10.3. The highest BCUT2D eigenvalue weighted by Gasteiger charge is 2.37. The van der Waals surface area contributed by atoms with E-state index in [0.29, 0.717) is 4.68 Å². The molecule has 3 aromatic rings. The summed E-state index contributed by atoms with van der Waals surface area (Å²) in [5.74, 6) is -1.28. The van der Waals surface area contributed by atoms with Crippen LogP contribution in [-0.2, 0) is 10.0 Å². The molecule has 0 radical (unpaired) electrons. The largest absolute Gasteiger partial charge is 0.507 e. The van der Waals surface area contributed by atoms with Gasteiger partial charge in [0, 0.05) is 6.07 Å². The molecule has 1 aromatic heterocycles. The highest BCUT2D eigenvalue weighted by Crippen LogP contribution is 2.49. The van der Waals surface area contributed by atoms with Crippen LogP contribution in [-0.4, -0.2) is 54.9 Å². The number of ether oxygens (including phenoxy) is 1. The molecule has 1 aliphatic heterocycles. The van der Waals surface area contributed by atoms with Crippen molar-refractivity contribution in [2.75, 3.05) is 11.5 Å². The molecule has 37 heavy (non-hydrogen) atoms. The topological polar surface area (TPSA) is 184 Å². The van der Waals surface area contributed by atoms with Gasteiger partial charge >= 0.3 is 5.69 Å². The Balaban J connectivity index is 1.64. The average molecular weight is 601 g/mol. The molecular formula is C19H16Cl2F2N4O8S2. The molecule has 18 heteroatoms. The van der Waals surface area contributed by atoms with Gasteiger partial charge in [0.25, 0.3) is 12.0 Å². The Morgan fingerprint density at radius 1 is 1.16 bits per heavy atom. The van der Waals surface area contributed by atoms with E-state index in [0.717, 1.165) is 24.3 Å². The fraction of sp³-hybridized carbons (Fsp3) is 0.211. The SMILES string of the molecule is O=c1[nH]c(=O)n(-c2cc(Cl)c(Oc3ccc(O)c(S(=O)(=O)NC4CS(O)(O)C4)c3)c(Cl)c2)nc1C(F)F. The molecule has 4 rings (SSSR count). The van der Waals surface area contributed by atoms with E-state index >= 15 is 0 Å². The number of hydrogen-bond acceptors (Lipinski definition) is 9. The number of nitrogens with one attached hydrogen (secondary N) is 2. The molecular weight excluding hydrogens is 585 g/mol. The van der Waals surface area contributed by atoms with Crippen LogP contribution in [0.4, 0.5) is 8.78 Å². The minimum atomic E-state index is -4.29. The second kappa shape index (κ2) is 9.86.